The smallest absolute Gasteiger partial charge is 0.228 e. The zero-order chi connectivity index (χ0) is 19.3. The molecule has 0 unspecified atom stereocenters. The van der Waals surface area contributed by atoms with Crippen molar-refractivity contribution in [3.8, 4) is 11.5 Å². The molecule has 0 atom stereocenters. The van der Waals surface area contributed by atoms with Crippen LogP contribution in [0.1, 0.15) is 5.56 Å². The maximum Gasteiger partial charge on any atom is 0.228 e. The maximum absolute atomic E-state index is 12.7. The molecule has 3 nitrogen and oxygen atoms in total. The van der Waals surface area contributed by atoms with Crippen LogP contribution < -0.4 is 10.1 Å². The van der Waals surface area contributed by atoms with Crippen molar-refractivity contribution in [1.29, 1.82) is 0 Å². The van der Waals surface area contributed by atoms with Gasteiger partial charge < -0.3 is 10.1 Å². The second-order valence-corrected chi connectivity index (χ2v) is 6.86. The van der Waals surface area contributed by atoms with E-state index in [9.17, 15) is 4.79 Å². The number of hydrogen-bond donors (Lipinski definition) is 1. The third-order valence-electron chi connectivity index (χ3n) is 4.42. The van der Waals surface area contributed by atoms with Gasteiger partial charge in [-0.2, -0.15) is 0 Å². The number of rotatable bonds is 5. The van der Waals surface area contributed by atoms with Gasteiger partial charge in [-0.25, -0.2) is 0 Å². The van der Waals surface area contributed by atoms with Gasteiger partial charge in [-0.05, 0) is 46.7 Å². The van der Waals surface area contributed by atoms with Crippen LogP contribution in [0.3, 0.4) is 0 Å². The zero-order valence-electron chi connectivity index (χ0n) is 15.1. The minimum absolute atomic E-state index is 0.128. The van der Waals surface area contributed by atoms with Crippen LogP contribution in [0.5, 0.6) is 11.5 Å². The van der Waals surface area contributed by atoms with E-state index in [1.165, 1.54) is 0 Å². The normalized spacial score (nSPS) is 10.6. The molecule has 0 fully saturated rings. The highest BCUT2D eigenvalue weighted by molar-refractivity contribution is 6.31. The van der Waals surface area contributed by atoms with Gasteiger partial charge in [-0.1, -0.05) is 72.3 Å². The molecule has 0 aliphatic rings. The highest BCUT2D eigenvalue weighted by Crippen LogP contribution is 2.32. The number of ether oxygens (including phenoxy) is 1. The molecule has 0 aliphatic heterocycles. The van der Waals surface area contributed by atoms with Gasteiger partial charge in [0.25, 0.3) is 0 Å². The molecule has 0 heterocycles. The number of para-hydroxylation sites is 1. The average Bonchev–Trinajstić information content (AvgIpc) is 2.71. The molecule has 0 saturated heterocycles. The van der Waals surface area contributed by atoms with Crippen LogP contribution in [-0.2, 0) is 11.2 Å². The fourth-order valence-electron chi connectivity index (χ4n) is 3.12. The summed E-state index contributed by atoms with van der Waals surface area (Å²) in [5.74, 6) is 1.10. The van der Waals surface area contributed by atoms with E-state index >= 15 is 0 Å². The molecule has 0 bridgehead atoms. The van der Waals surface area contributed by atoms with Crippen LogP contribution in [0.4, 0.5) is 5.69 Å². The fourth-order valence-corrected chi connectivity index (χ4v) is 3.29. The number of fused-ring (bicyclic) bond motifs is 1. The van der Waals surface area contributed by atoms with Gasteiger partial charge in [0.05, 0.1) is 12.1 Å². The van der Waals surface area contributed by atoms with E-state index in [1.54, 1.807) is 18.2 Å². The van der Waals surface area contributed by atoms with E-state index in [2.05, 4.69) is 5.32 Å². The van der Waals surface area contributed by atoms with Gasteiger partial charge in [0.1, 0.15) is 5.75 Å². The quantitative estimate of drug-likeness (QED) is 0.426. The molecule has 4 heteroatoms. The van der Waals surface area contributed by atoms with E-state index in [-0.39, 0.29) is 12.3 Å². The summed E-state index contributed by atoms with van der Waals surface area (Å²) in [6, 6.07) is 28.6. The number of carbonyl (C=O) groups excluding carboxylic acids is 1. The highest BCUT2D eigenvalue weighted by atomic mass is 35.5. The summed E-state index contributed by atoms with van der Waals surface area (Å²) in [7, 11) is 0. The van der Waals surface area contributed by atoms with Crippen LogP contribution in [0, 0.1) is 0 Å². The van der Waals surface area contributed by atoms with Crippen molar-refractivity contribution >= 4 is 34.0 Å². The lowest BCUT2D eigenvalue weighted by atomic mass is 10.0. The maximum atomic E-state index is 12.7. The second kappa shape index (κ2) is 8.15. The summed E-state index contributed by atoms with van der Waals surface area (Å²) in [5.41, 5.74) is 1.52. The SMILES string of the molecule is O=C(Cc1cccc2ccccc12)Nc1cc(Cl)ccc1Oc1ccccc1. The number of carbonyl (C=O) groups is 1. The lowest BCUT2D eigenvalue weighted by molar-refractivity contribution is -0.115. The second-order valence-electron chi connectivity index (χ2n) is 6.42. The summed E-state index contributed by atoms with van der Waals surface area (Å²) in [4.78, 5) is 12.7. The Balaban J connectivity index is 1.56. The minimum atomic E-state index is -0.128. The zero-order valence-corrected chi connectivity index (χ0v) is 15.8. The van der Waals surface area contributed by atoms with Gasteiger partial charge in [0.15, 0.2) is 5.75 Å². The molecule has 4 aromatic rings. The van der Waals surface area contributed by atoms with E-state index in [0.717, 1.165) is 16.3 Å². The first kappa shape index (κ1) is 18.1. The molecule has 0 aromatic heterocycles. The number of hydrogen-bond acceptors (Lipinski definition) is 2. The molecule has 4 rings (SSSR count). The van der Waals surface area contributed by atoms with Crippen molar-refractivity contribution in [2.24, 2.45) is 0 Å². The number of amides is 1. The number of nitrogens with one attached hydrogen (secondary N) is 1. The fraction of sp³-hybridized carbons (Fsp3) is 0.0417. The minimum Gasteiger partial charge on any atom is -0.455 e. The van der Waals surface area contributed by atoms with Gasteiger partial charge in [-0.3, -0.25) is 4.79 Å². The Morgan fingerprint density at radius 1 is 0.857 bits per heavy atom. The Kier molecular flexibility index (Phi) is 5.27. The Hall–Kier alpha value is -3.30. The molecule has 0 saturated carbocycles. The predicted octanol–water partition coefficient (Wildman–Crippen LogP) is 6.47. The number of halogens is 1. The monoisotopic (exact) mass is 387 g/mol. The molecule has 138 valence electrons. The molecule has 4 aromatic carbocycles. The first-order valence-electron chi connectivity index (χ1n) is 8.98. The van der Waals surface area contributed by atoms with Crippen LogP contribution in [-0.4, -0.2) is 5.91 Å². The first-order chi connectivity index (χ1) is 13.7. The Bertz CT molecular complexity index is 1120. The van der Waals surface area contributed by atoms with Gasteiger partial charge >= 0.3 is 0 Å². The average molecular weight is 388 g/mol. The summed E-state index contributed by atoms with van der Waals surface area (Å²) in [6.45, 7) is 0. The largest absolute Gasteiger partial charge is 0.455 e. The van der Waals surface area contributed by atoms with Gasteiger partial charge in [0.2, 0.25) is 5.91 Å². The topological polar surface area (TPSA) is 38.3 Å². The molecular weight excluding hydrogens is 370 g/mol. The van der Waals surface area contributed by atoms with Gasteiger partial charge in [-0.15, -0.1) is 0 Å². The molecule has 1 N–H and O–H groups in total. The van der Waals surface area contributed by atoms with E-state index in [1.807, 2.05) is 72.8 Å². The summed E-state index contributed by atoms with van der Waals surface area (Å²) in [5, 5.41) is 5.66. The standard InChI is InChI=1S/C24H18ClNO2/c25-19-13-14-23(28-20-10-2-1-3-11-20)22(16-19)26-24(27)15-18-9-6-8-17-7-4-5-12-21(17)18/h1-14,16H,15H2,(H,26,27). The molecule has 0 radical (unpaired) electrons. The predicted molar refractivity (Wildman–Crippen MR) is 114 cm³/mol. The number of anilines is 1. The third kappa shape index (κ3) is 4.16. The van der Waals surface area contributed by atoms with Crippen molar-refractivity contribution in [3.63, 3.8) is 0 Å². The van der Waals surface area contributed by atoms with Crippen LogP contribution in [0.25, 0.3) is 10.8 Å². The molecule has 28 heavy (non-hydrogen) atoms. The van der Waals surface area contributed by atoms with Crippen LogP contribution in [0.2, 0.25) is 5.02 Å². The third-order valence-corrected chi connectivity index (χ3v) is 4.65. The molecular formula is C24H18ClNO2. The number of benzene rings is 4. The van der Waals surface area contributed by atoms with Crippen LogP contribution in [0.15, 0.2) is 91.0 Å². The summed E-state index contributed by atoms with van der Waals surface area (Å²) < 4.78 is 5.91. The Morgan fingerprint density at radius 2 is 1.61 bits per heavy atom. The lowest BCUT2D eigenvalue weighted by Gasteiger charge is -2.13. The van der Waals surface area contributed by atoms with Crippen LogP contribution >= 0.6 is 11.6 Å². The van der Waals surface area contributed by atoms with Crippen molar-refractivity contribution < 1.29 is 9.53 Å². The van der Waals surface area contributed by atoms with Crippen molar-refractivity contribution in [1.82, 2.24) is 0 Å². The van der Waals surface area contributed by atoms with Crippen molar-refractivity contribution in [2.45, 2.75) is 6.42 Å². The lowest BCUT2D eigenvalue weighted by Crippen LogP contribution is -2.15. The van der Waals surface area contributed by atoms with E-state index in [4.69, 9.17) is 16.3 Å². The first-order valence-corrected chi connectivity index (χ1v) is 9.36. The summed E-state index contributed by atoms with van der Waals surface area (Å²) in [6.07, 6.45) is 0.263. The van der Waals surface area contributed by atoms with Gasteiger partial charge in [0, 0.05) is 5.02 Å². The van der Waals surface area contributed by atoms with E-state index < -0.39 is 0 Å². The molecule has 0 spiro atoms. The van der Waals surface area contributed by atoms with E-state index in [0.29, 0.717) is 22.2 Å². The highest BCUT2D eigenvalue weighted by Gasteiger charge is 2.12. The van der Waals surface area contributed by atoms with Crippen molar-refractivity contribution in [3.05, 3.63) is 102 Å². The van der Waals surface area contributed by atoms with Crippen molar-refractivity contribution in [2.75, 3.05) is 5.32 Å². The molecule has 0 aliphatic carbocycles. The Labute approximate surface area is 168 Å². The summed E-state index contributed by atoms with van der Waals surface area (Å²) >= 11 is 6.13. The Morgan fingerprint density at radius 3 is 2.46 bits per heavy atom. The molecule has 1 amide bonds.